The van der Waals surface area contributed by atoms with Gasteiger partial charge in [-0.15, -0.1) is 5.73 Å². The van der Waals surface area contributed by atoms with E-state index in [-0.39, 0.29) is 18.5 Å². The molecule has 0 heterocycles. The molecule has 0 spiro atoms. The summed E-state index contributed by atoms with van der Waals surface area (Å²) in [5, 5.41) is 2.94. The smallest absolute Gasteiger partial charge is 0.338 e. The minimum Gasteiger partial charge on any atom is -0.489 e. The fraction of sp³-hybridized carbons (Fsp3) is 0.192. The number of aryl methyl sites for hydroxylation is 1. The number of carbonyl (C=O) groups is 2. The molecule has 31 heavy (non-hydrogen) atoms. The van der Waals surface area contributed by atoms with Gasteiger partial charge in [0.25, 0.3) is 0 Å². The second kappa shape index (κ2) is 11.4. The third kappa shape index (κ3) is 6.88. The van der Waals surface area contributed by atoms with E-state index in [1.165, 1.54) is 7.11 Å². The average Bonchev–Trinajstić information content (AvgIpc) is 3.09. The van der Waals surface area contributed by atoms with Crippen molar-refractivity contribution in [2.75, 3.05) is 13.7 Å². The van der Waals surface area contributed by atoms with Crippen LogP contribution < -0.4 is 10.1 Å². The fourth-order valence-electron chi connectivity index (χ4n) is 3.03. The van der Waals surface area contributed by atoms with Crippen LogP contribution in [0.3, 0.4) is 0 Å². The maximum atomic E-state index is 12.1. The van der Waals surface area contributed by atoms with Crippen LogP contribution in [-0.4, -0.2) is 25.5 Å². The Morgan fingerprint density at radius 1 is 1.03 bits per heavy atom. The third-order valence-corrected chi connectivity index (χ3v) is 4.77. The number of carbonyl (C=O) groups excluding carboxylic acids is 2. The fourth-order valence-corrected chi connectivity index (χ4v) is 3.03. The standard InChI is InChI=1S/C26H25NO4/c1-30-26(29)24-11-7-6-10-22(24)19-31-23-15-12-20(13-16-23)14-17-25(28)27-18-21-8-4-2-3-5-9-21/h2,4-13,15-16H,14,17-19H2,1H3,(H,27,28). The number of rotatable bonds is 9. The van der Waals surface area contributed by atoms with Gasteiger partial charge in [-0.3, -0.25) is 4.79 Å². The van der Waals surface area contributed by atoms with Gasteiger partial charge in [-0.1, -0.05) is 42.5 Å². The number of ether oxygens (including phenoxy) is 2. The number of benzene rings is 2. The number of hydrogen-bond donors (Lipinski definition) is 1. The van der Waals surface area contributed by atoms with Crippen LogP contribution in [0.15, 0.2) is 90.2 Å². The van der Waals surface area contributed by atoms with Crippen molar-refractivity contribution < 1.29 is 19.1 Å². The average molecular weight is 415 g/mol. The second-order valence-electron chi connectivity index (χ2n) is 6.96. The highest BCUT2D eigenvalue weighted by molar-refractivity contribution is 5.90. The number of amides is 1. The normalized spacial score (nSPS) is 12.1. The van der Waals surface area contributed by atoms with Gasteiger partial charge in [-0.25, -0.2) is 4.79 Å². The molecule has 0 radical (unpaired) electrons. The first-order valence-corrected chi connectivity index (χ1v) is 10.1. The lowest BCUT2D eigenvalue weighted by Gasteiger charge is -2.10. The SMILES string of the molecule is COC(=O)c1ccccc1COc1ccc(CCC(=O)NCC2=CC=C=CC=C2)cc1. The van der Waals surface area contributed by atoms with Crippen molar-refractivity contribution in [1.82, 2.24) is 5.32 Å². The summed E-state index contributed by atoms with van der Waals surface area (Å²) in [4.78, 5) is 24.0. The molecular formula is C26H25NO4. The van der Waals surface area contributed by atoms with Crippen LogP contribution in [0.25, 0.3) is 0 Å². The molecule has 5 nitrogen and oxygen atoms in total. The van der Waals surface area contributed by atoms with Gasteiger partial charge in [0.05, 0.1) is 12.7 Å². The third-order valence-electron chi connectivity index (χ3n) is 4.77. The van der Waals surface area contributed by atoms with Crippen molar-refractivity contribution >= 4 is 11.9 Å². The summed E-state index contributed by atoms with van der Waals surface area (Å²) in [7, 11) is 1.36. The number of esters is 1. The molecule has 1 aliphatic rings. The second-order valence-corrected chi connectivity index (χ2v) is 6.96. The predicted molar refractivity (Wildman–Crippen MR) is 120 cm³/mol. The molecule has 0 atom stereocenters. The first kappa shape index (κ1) is 21.9. The molecule has 1 N–H and O–H groups in total. The van der Waals surface area contributed by atoms with Crippen LogP contribution in [0.1, 0.15) is 27.9 Å². The van der Waals surface area contributed by atoms with E-state index in [0.717, 1.165) is 16.7 Å². The van der Waals surface area contributed by atoms with Crippen molar-refractivity contribution in [2.45, 2.75) is 19.4 Å². The van der Waals surface area contributed by atoms with Gasteiger partial charge in [-0.05, 0) is 54.0 Å². The summed E-state index contributed by atoms with van der Waals surface area (Å²) in [5.74, 6) is 0.323. The lowest BCUT2D eigenvalue weighted by atomic mass is 10.1. The molecule has 0 saturated carbocycles. The van der Waals surface area contributed by atoms with E-state index in [9.17, 15) is 9.59 Å². The van der Waals surface area contributed by atoms with E-state index < -0.39 is 0 Å². The maximum Gasteiger partial charge on any atom is 0.338 e. The summed E-state index contributed by atoms with van der Waals surface area (Å²) in [5.41, 5.74) is 6.33. The van der Waals surface area contributed by atoms with Crippen LogP contribution in [0, 0.1) is 0 Å². The highest BCUT2D eigenvalue weighted by Gasteiger charge is 2.11. The largest absolute Gasteiger partial charge is 0.489 e. The Morgan fingerprint density at radius 2 is 1.84 bits per heavy atom. The van der Waals surface area contributed by atoms with Gasteiger partial charge in [-0.2, -0.15) is 0 Å². The first-order chi connectivity index (χ1) is 15.2. The Hall–Kier alpha value is -3.82. The van der Waals surface area contributed by atoms with Gasteiger partial charge < -0.3 is 14.8 Å². The summed E-state index contributed by atoms with van der Waals surface area (Å²) < 4.78 is 10.6. The number of methoxy groups -OCH3 is 1. The van der Waals surface area contributed by atoms with Crippen molar-refractivity contribution in [2.24, 2.45) is 0 Å². The van der Waals surface area contributed by atoms with E-state index in [0.29, 0.717) is 30.7 Å². The van der Waals surface area contributed by atoms with E-state index in [4.69, 9.17) is 9.47 Å². The number of allylic oxidation sites excluding steroid dienone is 3. The lowest BCUT2D eigenvalue weighted by molar-refractivity contribution is -0.120. The van der Waals surface area contributed by atoms with Crippen LogP contribution in [0.5, 0.6) is 5.75 Å². The molecule has 0 aromatic heterocycles. The molecule has 0 saturated heterocycles. The summed E-state index contributed by atoms with van der Waals surface area (Å²) in [6.07, 6.45) is 10.5. The van der Waals surface area contributed by atoms with Gasteiger partial charge in [0, 0.05) is 18.5 Å². The molecule has 158 valence electrons. The Bertz CT molecular complexity index is 1040. The Morgan fingerprint density at radius 3 is 2.65 bits per heavy atom. The van der Waals surface area contributed by atoms with Crippen molar-refractivity contribution in [3.05, 3.63) is 107 Å². The zero-order valence-electron chi connectivity index (χ0n) is 17.5. The summed E-state index contributed by atoms with van der Waals surface area (Å²) >= 11 is 0. The first-order valence-electron chi connectivity index (χ1n) is 10.1. The molecule has 2 aromatic rings. The maximum absolute atomic E-state index is 12.1. The monoisotopic (exact) mass is 415 g/mol. The quantitative estimate of drug-likeness (QED) is 0.490. The highest BCUT2D eigenvalue weighted by Crippen LogP contribution is 2.17. The minimum absolute atomic E-state index is 0.00947. The minimum atomic E-state index is -0.382. The van der Waals surface area contributed by atoms with Crippen LogP contribution >= 0.6 is 0 Å². The molecule has 0 fully saturated rings. The molecule has 1 amide bonds. The van der Waals surface area contributed by atoms with E-state index in [1.807, 2.05) is 66.8 Å². The molecule has 0 unspecified atom stereocenters. The van der Waals surface area contributed by atoms with E-state index in [1.54, 1.807) is 12.1 Å². The van der Waals surface area contributed by atoms with Crippen molar-refractivity contribution in [3.8, 4) is 5.75 Å². The van der Waals surface area contributed by atoms with Crippen LogP contribution in [-0.2, 0) is 22.6 Å². The van der Waals surface area contributed by atoms with Crippen LogP contribution in [0.2, 0.25) is 0 Å². The van der Waals surface area contributed by atoms with E-state index in [2.05, 4.69) is 11.0 Å². The summed E-state index contributed by atoms with van der Waals surface area (Å²) in [6, 6.07) is 14.8. The van der Waals surface area contributed by atoms with Crippen molar-refractivity contribution in [3.63, 3.8) is 0 Å². The Labute approximate surface area is 182 Å². The molecule has 0 aliphatic heterocycles. The van der Waals surface area contributed by atoms with E-state index >= 15 is 0 Å². The van der Waals surface area contributed by atoms with Gasteiger partial charge >= 0.3 is 5.97 Å². The molecule has 0 bridgehead atoms. The lowest BCUT2D eigenvalue weighted by Crippen LogP contribution is -2.25. The highest BCUT2D eigenvalue weighted by atomic mass is 16.5. The van der Waals surface area contributed by atoms with Gasteiger partial charge in [0.15, 0.2) is 0 Å². The Balaban J connectivity index is 1.45. The summed E-state index contributed by atoms with van der Waals surface area (Å²) in [6.45, 7) is 0.767. The van der Waals surface area contributed by atoms with Gasteiger partial charge in [0.1, 0.15) is 12.4 Å². The zero-order valence-corrected chi connectivity index (χ0v) is 17.5. The Kier molecular flexibility index (Phi) is 8.04. The van der Waals surface area contributed by atoms with Gasteiger partial charge in [0.2, 0.25) is 5.91 Å². The van der Waals surface area contributed by atoms with Crippen molar-refractivity contribution in [1.29, 1.82) is 0 Å². The zero-order chi connectivity index (χ0) is 21.9. The predicted octanol–water partition coefficient (Wildman–Crippen LogP) is 4.31. The molecule has 3 rings (SSSR count). The molecular weight excluding hydrogens is 390 g/mol. The number of nitrogens with one attached hydrogen (secondary N) is 1. The molecule has 2 aromatic carbocycles. The molecule has 5 heteroatoms. The molecule has 1 aliphatic carbocycles. The topological polar surface area (TPSA) is 64.6 Å². The van der Waals surface area contributed by atoms with Crippen LogP contribution in [0.4, 0.5) is 0 Å². The number of hydrogen-bond acceptors (Lipinski definition) is 4.